The first kappa shape index (κ1) is 13.3. The fourth-order valence-electron chi connectivity index (χ4n) is 2.72. The lowest BCUT2D eigenvalue weighted by Gasteiger charge is -2.22. The molecule has 1 fully saturated rings. The number of pyridine rings is 1. The number of hydrogen-bond donors (Lipinski definition) is 1. The predicted molar refractivity (Wildman–Crippen MR) is 79.6 cm³/mol. The maximum absolute atomic E-state index is 11.9. The van der Waals surface area contributed by atoms with Crippen molar-refractivity contribution >= 4 is 34.0 Å². The van der Waals surface area contributed by atoms with Gasteiger partial charge in [0.2, 0.25) is 0 Å². The van der Waals surface area contributed by atoms with Crippen LogP contribution in [0.5, 0.6) is 0 Å². The van der Waals surface area contributed by atoms with E-state index in [9.17, 15) is 9.90 Å². The summed E-state index contributed by atoms with van der Waals surface area (Å²) in [6.45, 7) is 2.76. The van der Waals surface area contributed by atoms with Gasteiger partial charge in [-0.3, -0.25) is 9.78 Å². The molecule has 0 bridgehead atoms. The van der Waals surface area contributed by atoms with Gasteiger partial charge in [0.25, 0.3) is 0 Å². The van der Waals surface area contributed by atoms with Gasteiger partial charge in [-0.2, -0.15) is 0 Å². The maximum Gasteiger partial charge on any atom is 0.162 e. The highest BCUT2D eigenvalue weighted by atomic mass is 35.5. The van der Waals surface area contributed by atoms with Crippen LogP contribution < -0.4 is 4.90 Å². The van der Waals surface area contributed by atoms with Crippen LogP contribution in [0.15, 0.2) is 24.4 Å². The minimum atomic E-state index is -0.357. The van der Waals surface area contributed by atoms with Crippen LogP contribution in [0, 0.1) is 0 Å². The standard InChI is InChI=1S/C15H15ClN2O2/c1-9(19)12-7-13(16)11-3-2-5-17-14(11)15(12)18-6-4-10(20)8-18/h2-3,5,7,10,20H,4,6,8H2,1H3/t10-/m1/s1. The number of benzene rings is 1. The molecule has 3 rings (SSSR count). The van der Waals surface area contributed by atoms with Crippen molar-refractivity contribution in [3.05, 3.63) is 35.0 Å². The number of aliphatic hydroxyl groups is 1. The number of halogens is 1. The Morgan fingerprint density at radius 3 is 3.00 bits per heavy atom. The lowest BCUT2D eigenvalue weighted by atomic mass is 10.0. The van der Waals surface area contributed by atoms with E-state index in [1.807, 2.05) is 17.0 Å². The number of carbonyl (C=O) groups excluding carboxylic acids is 1. The molecule has 1 saturated heterocycles. The van der Waals surface area contributed by atoms with E-state index >= 15 is 0 Å². The third kappa shape index (κ3) is 2.15. The van der Waals surface area contributed by atoms with Gasteiger partial charge in [-0.15, -0.1) is 0 Å². The van der Waals surface area contributed by atoms with Crippen molar-refractivity contribution in [2.24, 2.45) is 0 Å². The summed E-state index contributed by atoms with van der Waals surface area (Å²) in [5.74, 6) is -0.0455. The van der Waals surface area contributed by atoms with Crippen molar-refractivity contribution in [3.8, 4) is 0 Å². The van der Waals surface area contributed by atoms with E-state index < -0.39 is 0 Å². The number of fused-ring (bicyclic) bond motifs is 1. The van der Waals surface area contributed by atoms with Gasteiger partial charge >= 0.3 is 0 Å². The van der Waals surface area contributed by atoms with Gasteiger partial charge < -0.3 is 10.0 Å². The van der Waals surface area contributed by atoms with E-state index in [4.69, 9.17) is 11.6 Å². The van der Waals surface area contributed by atoms with Crippen LogP contribution in [0.2, 0.25) is 5.02 Å². The second-order valence-electron chi connectivity index (χ2n) is 5.10. The molecule has 0 spiro atoms. The molecular formula is C15H15ClN2O2. The van der Waals surface area contributed by atoms with Crippen molar-refractivity contribution in [1.29, 1.82) is 0 Å². The van der Waals surface area contributed by atoms with Crippen molar-refractivity contribution < 1.29 is 9.90 Å². The summed E-state index contributed by atoms with van der Waals surface area (Å²) in [5, 5.41) is 11.1. The number of hydrogen-bond acceptors (Lipinski definition) is 4. The molecule has 0 amide bonds. The average Bonchev–Trinajstić information content (AvgIpc) is 2.85. The molecule has 1 aliphatic heterocycles. The van der Waals surface area contributed by atoms with Gasteiger partial charge in [-0.05, 0) is 31.5 Å². The number of anilines is 1. The minimum Gasteiger partial charge on any atom is -0.391 e. The van der Waals surface area contributed by atoms with Crippen molar-refractivity contribution in [1.82, 2.24) is 4.98 Å². The number of nitrogens with zero attached hydrogens (tertiary/aromatic N) is 2. The Labute approximate surface area is 122 Å². The van der Waals surface area contributed by atoms with Gasteiger partial charge in [-0.25, -0.2) is 0 Å². The summed E-state index contributed by atoms with van der Waals surface area (Å²) in [6, 6.07) is 5.42. The SMILES string of the molecule is CC(=O)c1cc(Cl)c2cccnc2c1N1CC[C@@H](O)C1. The van der Waals surface area contributed by atoms with E-state index in [1.54, 1.807) is 12.3 Å². The molecule has 1 atom stereocenters. The van der Waals surface area contributed by atoms with E-state index in [2.05, 4.69) is 4.98 Å². The fourth-order valence-corrected chi connectivity index (χ4v) is 2.98. The Kier molecular flexibility index (Phi) is 3.36. The van der Waals surface area contributed by atoms with Gasteiger partial charge in [0.1, 0.15) is 0 Å². The number of aromatic nitrogens is 1. The van der Waals surface area contributed by atoms with Crippen molar-refractivity contribution in [3.63, 3.8) is 0 Å². The number of ketones is 1. The molecule has 0 radical (unpaired) electrons. The molecule has 104 valence electrons. The zero-order valence-corrected chi connectivity index (χ0v) is 11.9. The zero-order valence-electron chi connectivity index (χ0n) is 11.1. The van der Waals surface area contributed by atoms with E-state index in [1.165, 1.54) is 6.92 Å². The number of aliphatic hydroxyl groups excluding tert-OH is 1. The third-order valence-electron chi connectivity index (χ3n) is 3.67. The molecule has 5 heteroatoms. The topological polar surface area (TPSA) is 53.4 Å². The Bertz CT molecular complexity index is 687. The number of carbonyl (C=O) groups is 1. The van der Waals surface area contributed by atoms with Gasteiger partial charge in [-0.1, -0.05) is 11.6 Å². The normalized spacial score (nSPS) is 18.8. The first-order valence-electron chi connectivity index (χ1n) is 6.59. The third-order valence-corrected chi connectivity index (χ3v) is 3.99. The Balaban J connectivity index is 2.28. The van der Waals surface area contributed by atoms with Crippen LogP contribution in [-0.2, 0) is 0 Å². The molecule has 1 aromatic heterocycles. The fraction of sp³-hybridized carbons (Fsp3) is 0.333. The highest BCUT2D eigenvalue weighted by Gasteiger charge is 2.26. The molecule has 1 N–H and O–H groups in total. The van der Waals surface area contributed by atoms with Crippen LogP contribution >= 0.6 is 11.6 Å². The largest absolute Gasteiger partial charge is 0.391 e. The molecule has 20 heavy (non-hydrogen) atoms. The van der Waals surface area contributed by atoms with E-state index in [-0.39, 0.29) is 11.9 Å². The number of Topliss-reactive ketones (excluding diaryl/α,β-unsaturated/α-hetero) is 1. The van der Waals surface area contributed by atoms with Crippen LogP contribution in [-0.4, -0.2) is 35.1 Å². The second-order valence-corrected chi connectivity index (χ2v) is 5.51. The van der Waals surface area contributed by atoms with Crippen LogP contribution in [0.4, 0.5) is 5.69 Å². The quantitative estimate of drug-likeness (QED) is 0.864. The monoisotopic (exact) mass is 290 g/mol. The van der Waals surface area contributed by atoms with Crippen molar-refractivity contribution in [2.75, 3.05) is 18.0 Å². The molecule has 2 heterocycles. The molecular weight excluding hydrogens is 276 g/mol. The van der Waals surface area contributed by atoms with E-state index in [0.29, 0.717) is 23.6 Å². The molecule has 1 aliphatic rings. The summed E-state index contributed by atoms with van der Waals surface area (Å²) in [7, 11) is 0. The first-order chi connectivity index (χ1) is 9.58. The first-order valence-corrected chi connectivity index (χ1v) is 6.97. The Hall–Kier alpha value is -1.65. The van der Waals surface area contributed by atoms with Gasteiger partial charge in [0, 0.05) is 30.2 Å². The molecule has 4 nitrogen and oxygen atoms in total. The predicted octanol–water partition coefficient (Wildman–Crippen LogP) is 2.66. The number of rotatable bonds is 2. The summed E-state index contributed by atoms with van der Waals surface area (Å²) in [6.07, 6.45) is 2.04. The second kappa shape index (κ2) is 5.04. The Morgan fingerprint density at radius 2 is 2.35 bits per heavy atom. The highest BCUT2D eigenvalue weighted by molar-refractivity contribution is 6.36. The number of β-amino-alcohol motifs (C(OH)–C–C–N with tert-alkyl or cyclic N) is 1. The average molecular weight is 291 g/mol. The van der Waals surface area contributed by atoms with Crippen LogP contribution in [0.25, 0.3) is 10.9 Å². The summed E-state index contributed by atoms with van der Waals surface area (Å²) >= 11 is 6.25. The molecule has 0 unspecified atom stereocenters. The molecule has 2 aromatic rings. The van der Waals surface area contributed by atoms with Gasteiger partial charge in [0.15, 0.2) is 5.78 Å². The molecule has 0 saturated carbocycles. The van der Waals surface area contributed by atoms with Crippen molar-refractivity contribution in [2.45, 2.75) is 19.4 Å². The van der Waals surface area contributed by atoms with Crippen LogP contribution in [0.1, 0.15) is 23.7 Å². The molecule has 0 aliphatic carbocycles. The smallest absolute Gasteiger partial charge is 0.162 e. The van der Waals surface area contributed by atoms with E-state index in [0.717, 1.165) is 23.1 Å². The lowest BCUT2D eigenvalue weighted by molar-refractivity contribution is 0.101. The highest BCUT2D eigenvalue weighted by Crippen LogP contribution is 2.36. The summed E-state index contributed by atoms with van der Waals surface area (Å²) in [4.78, 5) is 18.3. The summed E-state index contributed by atoms with van der Waals surface area (Å²) < 4.78 is 0. The lowest BCUT2D eigenvalue weighted by Crippen LogP contribution is -2.23. The maximum atomic E-state index is 11.9. The Morgan fingerprint density at radius 1 is 1.55 bits per heavy atom. The summed E-state index contributed by atoms with van der Waals surface area (Å²) in [5.41, 5.74) is 2.07. The molecule has 1 aromatic carbocycles. The minimum absolute atomic E-state index is 0.0455. The van der Waals surface area contributed by atoms with Gasteiger partial charge in [0.05, 0.1) is 22.3 Å². The van der Waals surface area contributed by atoms with Crippen LogP contribution in [0.3, 0.4) is 0 Å². The zero-order chi connectivity index (χ0) is 14.3.